The van der Waals surface area contributed by atoms with E-state index >= 15 is 0 Å². The molecule has 1 atom stereocenters. The van der Waals surface area contributed by atoms with E-state index in [1.807, 2.05) is 6.07 Å². The summed E-state index contributed by atoms with van der Waals surface area (Å²) < 4.78 is 37.9. The molecule has 0 saturated heterocycles. The van der Waals surface area contributed by atoms with E-state index in [9.17, 15) is 18.0 Å². The number of nitrogens with zero attached hydrogens (tertiary/aromatic N) is 2. The number of aryl methyl sites for hydroxylation is 1. The summed E-state index contributed by atoms with van der Waals surface area (Å²) in [5, 5.41) is 8.64. The lowest BCUT2D eigenvalue weighted by molar-refractivity contribution is -0.161. The van der Waals surface area contributed by atoms with Gasteiger partial charge >= 0.3 is 6.18 Å². The van der Waals surface area contributed by atoms with E-state index in [1.54, 1.807) is 18.2 Å². The molecule has 0 fully saturated rings. The Balaban J connectivity index is 2.22. The number of rotatable bonds is 2. The quantitative estimate of drug-likeness (QED) is 0.837. The van der Waals surface area contributed by atoms with Crippen molar-refractivity contribution in [3.05, 3.63) is 35.4 Å². The number of carbonyl (C=O) groups is 1. The van der Waals surface area contributed by atoms with Crippen LogP contribution in [-0.2, 0) is 6.42 Å². The highest BCUT2D eigenvalue weighted by molar-refractivity contribution is 5.96. The molecular weight excluding hydrogens is 269 g/mol. The smallest absolute Gasteiger partial charge is 0.337 e. The predicted octanol–water partition coefficient (Wildman–Crippen LogP) is 2.78. The van der Waals surface area contributed by atoms with Gasteiger partial charge in [-0.15, -0.1) is 0 Å². The van der Waals surface area contributed by atoms with Crippen molar-refractivity contribution in [2.45, 2.75) is 19.0 Å². The minimum absolute atomic E-state index is 0.238. The van der Waals surface area contributed by atoms with Crippen molar-refractivity contribution in [1.29, 1.82) is 5.26 Å². The van der Waals surface area contributed by atoms with E-state index in [1.165, 1.54) is 6.07 Å². The average molecular weight is 282 g/mol. The first-order chi connectivity index (χ1) is 9.43. The second-order valence-electron chi connectivity index (χ2n) is 4.74. The van der Waals surface area contributed by atoms with Gasteiger partial charge < -0.3 is 4.90 Å². The van der Waals surface area contributed by atoms with Crippen LogP contribution in [0.1, 0.15) is 22.3 Å². The van der Waals surface area contributed by atoms with Gasteiger partial charge in [-0.3, -0.25) is 4.79 Å². The summed E-state index contributed by atoms with van der Waals surface area (Å²) in [5.74, 6) is -2.57. The Labute approximate surface area is 114 Å². The molecule has 0 radical (unpaired) electrons. The third-order valence-corrected chi connectivity index (χ3v) is 3.36. The van der Waals surface area contributed by atoms with Gasteiger partial charge in [-0.05, 0) is 24.5 Å². The van der Waals surface area contributed by atoms with Crippen molar-refractivity contribution < 1.29 is 18.0 Å². The molecule has 1 aromatic carbocycles. The molecule has 20 heavy (non-hydrogen) atoms. The number of fused-ring (bicyclic) bond motifs is 1. The zero-order chi connectivity index (χ0) is 14.8. The van der Waals surface area contributed by atoms with E-state index in [2.05, 4.69) is 0 Å². The molecule has 0 saturated carbocycles. The predicted molar refractivity (Wildman–Crippen MR) is 65.8 cm³/mol. The number of hydrogen-bond donors (Lipinski definition) is 0. The second kappa shape index (κ2) is 5.53. The van der Waals surface area contributed by atoms with Crippen molar-refractivity contribution >= 4 is 5.91 Å². The molecule has 0 aromatic heterocycles. The third-order valence-electron chi connectivity index (χ3n) is 3.36. The van der Waals surface area contributed by atoms with Crippen LogP contribution in [0.25, 0.3) is 0 Å². The van der Waals surface area contributed by atoms with Crippen LogP contribution >= 0.6 is 0 Å². The Bertz CT molecular complexity index is 548. The Kier molecular flexibility index (Phi) is 3.98. The topological polar surface area (TPSA) is 44.1 Å². The summed E-state index contributed by atoms with van der Waals surface area (Å²) in [4.78, 5) is 13.4. The molecule has 1 heterocycles. The lowest BCUT2D eigenvalue weighted by Gasteiger charge is -2.24. The van der Waals surface area contributed by atoms with Gasteiger partial charge in [0.15, 0.2) is 5.92 Å². The highest BCUT2D eigenvalue weighted by Gasteiger charge is 2.42. The largest absolute Gasteiger partial charge is 0.406 e. The molecule has 106 valence electrons. The lowest BCUT2D eigenvalue weighted by atomic mass is 10.0. The number of nitriles is 1. The number of carbonyl (C=O) groups excluding carboxylic acids is 1. The van der Waals surface area contributed by atoms with Crippen LogP contribution in [-0.4, -0.2) is 30.1 Å². The summed E-state index contributed by atoms with van der Waals surface area (Å²) in [5.41, 5.74) is 1.28. The van der Waals surface area contributed by atoms with Crippen molar-refractivity contribution in [3.8, 4) is 6.07 Å². The molecule has 0 aliphatic carbocycles. The van der Waals surface area contributed by atoms with Crippen molar-refractivity contribution in [3.63, 3.8) is 0 Å². The summed E-state index contributed by atoms with van der Waals surface area (Å²) in [6, 6.07) is 8.15. The molecule has 1 unspecified atom stereocenters. The highest BCUT2D eigenvalue weighted by Crippen LogP contribution is 2.28. The molecule has 3 nitrogen and oxygen atoms in total. The van der Waals surface area contributed by atoms with Gasteiger partial charge in [0.2, 0.25) is 0 Å². The summed E-state index contributed by atoms with van der Waals surface area (Å²) >= 11 is 0. The number of benzene rings is 1. The van der Waals surface area contributed by atoms with Gasteiger partial charge in [0.1, 0.15) is 0 Å². The van der Waals surface area contributed by atoms with Gasteiger partial charge in [-0.1, -0.05) is 18.2 Å². The summed E-state index contributed by atoms with van der Waals surface area (Å²) in [7, 11) is 0. The number of alkyl halides is 3. The minimum Gasteiger partial charge on any atom is -0.337 e. The molecule has 6 heteroatoms. The number of hydrogen-bond acceptors (Lipinski definition) is 2. The monoisotopic (exact) mass is 282 g/mol. The molecule has 0 bridgehead atoms. The first kappa shape index (κ1) is 14.4. The molecular formula is C14H13F3N2O. The average Bonchev–Trinajstić information content (AvgIpc) is 2.55. The fourth-order valence-electron chi connectivity index (χ4n) is 2.29. The third kappa shape index (κ3) is 2.93. The van der Waals surface area contributed by atoms with Crippen LogP contribution in [0.3, 0.4) is 0 Å². The summed E-state index contributed by atoms with van der Waals surface area (Å²) in [6.45, 7) is -0.366. The van der Waals surface area contributed by atoms with Gasteiger partial charge in [-0.2, -0.15) is 18.4 Å². The normalized spacial score (nSPS) is 17.1. The maximum atomic E-state index is 12.6. The maximum Gasteiger partial charge on any atom is 0.406 e. The molecule has 0 N–H and O–H groups in total. The Morgan fingerprint density at radius 3 is 2.70 bits per heavy atom. The minimum atomic E-state index is -4.61. The van der Waals surface area contributed by atoms with Crippen LogP contribution in [0.5, 0.6) is 0 Å². The van der Waals surface area contributed by atoms with Crippen LogP contribution < -0.4 is 0 Å². The van der Waals surface area contributed by atoms with Crippen molar-refractivity contribution in [1.82, 2.24) is 4.90 Å². The van der Waals surface area contributed by atoms with Gasteiger partial charge in [0.25, 0.3) is 5.91 Å². The van der Waals surface area contributed by atoms with E-state index in [0.29, 0.717) is 18.4 Å². The zero-order valence-corrected chi connectivity index (χ0v) is 10.7. The molecule has 0 spiro atoms. The number of amides is 1. The molecule has 1 aliphatic rings. The lowest BCUT2D eigenvalue weighted by Crippen LogP contribution is -2.39. The molecule has 1 aromatic rings. The van der Waals surface area contributed by atoms with Gasteiger partial charge in [0.05, 0.1) is 6.07 Å². The van der Waals surface area contributed by atoms with Crippen LogP contribution in [0, 0.1) is 17.2 Å². The van der Waals surface area contributed by atoms with Crippen LogP contribution in [0.2, 0.25) is 0 Å². The number of halogens is 3. The zero-order valence-electron chi connectivity index (χ0n) is 10.7. The fourth-order valence-corrected chi connectivity index (χ4v) is 2.29. The Hall–Kier alpha value is -2.03. The SMILES string of the molecule is N#CC(CN1CCCc2ccccc2C1=O)C(F)(F)F. The molecule has 2 rings (SSSR count). The van der Waals surface area contributed by atoms with E-state index in [0.717, 1.165) is 10.5 Å². The Morgan fingerprint density at radius 1 is 1.35 bits per heavy atom. The van der Waals surface area contributed by atoms with E-state index < -0.39 is 24.5 Å². The van der Waals surface area contributed by atoms with Gasteiger partial charge in [-0.25, -0.2) is 0 Å². The molecule has 1 amide bonds. The van der Waals surface area contributed by atoms with E-state index in [-0.39, 0.29) is 6.54 Å². The fraction of sp³-hybridized carbons (Fsp3) is 0.429. The Morgan fingerprint density at radius 2 is 2.05 bits per heavy atom. The van der Waals surface area contributed by atoms with Crippen molar-refractivity contribution in [2.75, 3.05) is 13.1 Å². The molecule has 1 aliphatic heterocycles. The highest BCUT2D eigenvalue weighted by atomic mass is 19.4. The van der Waals surface area contributed by atoms with Crippen LogP contribution in [0.15, 0.2) is 24.3 Å². The summed E-state index contributed by atoms with van der Waals surface area (Å²) in [6.07, 6.45) is -3.36. The van der Waals surface area contributed by atoms with E-state index in [4.69, 9.17) is 5.26 Å². The standard InChI is InChI=1S/C14H13F3N2O/c15-14(16,17)11(8-18)9-19-7-3-5-10-4-1-2-6-12(10)13(19)20/h1-2,4,6,11H,3,5,7,9H2. The maximum absolute atomic E-state index is 12.6. The van der Waals surface area contributed by atoms with Crippen LogP contribution in [0.4, 0.5) is 13.2 Å². The second-order valence-corrected chi connectivity index (χ2v) is 4.74. The first-order valence-corrected chi connectivity index (χ1v) is 6.27. The van der Waals surface area contributed by atoms with Gasteiger partial charge in [0, 0.05) is 18.7 Å². The first-order valence-electron chi connectivity index (χ1n) is 6.27. The van der Waals surface area contributed by atoms with Crippen molar-refractivity contribution in [2.24, 2.45) is 5.92 Å².